The molecule has 106 valence electrons. The van der Waals surface area contributed by atoms with Crippen LogP contribution in [0.5, 0.6) is 0 Å². The van der Waals surface area contributed by atoms with Crippen molar-refractivity contribution in [2.75, 3.05) is 12.9 Å². The zero-order valence-electron chi connectivity index (χ0n) is 10.6. The molecule has 0 bridgehead atoms. The first-order chi connectivity index (χ1) is 8.44. The number of esters is 1. The van der Waals surface area contributed by atoms with E-state index in [2.05, 4.69) is 9.46 Å². The van der Waals surface area contributed by atoms with Crippen LogP contribution in [0.25, 0.3) is 0 Å². The highest BCUT2D eigenvalue weighted by molar-refractivity contribution is 7.89. The summed E-state index contributed by atoms with van der Waals surface area (Å²) < 4.78 is 30.4. The molecule has 1 saturated carbocycles. The fraction of sp³-hybridized carbons (Fsp3) is 0.909. The van der Waals surface area contributed by atoms with Crippen LogP contribution in [0.3, 0.4) is 0 Å². The van der Waals surface area contributed by atoms with Crippen LogP contribution in [0.1, 0.15) is 38.5 Å². The molecule has 6 nitrogen and oxygen atoms in total. The highest BCUT2D eigenvalue weighted by Gasteiger charge is 2.26. The van der Waals surface area contributed by atoms with Crippen molar-refractivity contribution in [1.29, 1.82) is 0 Å². The van der Waals surface area contributed by atoms with Crippen molar-refractivity contribution >= 4 is 16.0 Å². The number of carbonyl (C=O) groups excluding carboxylic acids is 1. The van der Waals surface area contributed by atoms with Gasteiger partial charge in [0.15, 0.2) is 0 Å². The molecule has 0 unspecified atom stereocenters. The van der Waals surface area contributed by atoms with Gasteiger partial charge in [0.2, 0.25) is 10.0 Å². The third-order valence-corrected chi connectivity index (χ3v) is 4.57. The van der Waals surface area contributed by atoms with Crippen molar-refractivity contribution in [3.8, 4) is 0 Å². The second-order valence-corrected chi connectivity index (χ2v) is 6.45. The Morgan fingerprint density at radius 1 is 1.39 bits per heavy atom. The second kappa shape index (κ2) is 7.06. The van der Waals surface area contributed by atoms with Gasteiger partial charge in [0.25, 0.3) is 0 Å². The number of sulfonamides is 1. The van der Waals surface area contributed by atoms with Gasteiger partial charge in [0, 0.05) is 12.5 Å². The SMILES string of the molecule is COC(=O)CCCS(=O)(=O)N[C@@H]1CCCC[C@H]1O. The molecule has 7 heteroatoms. The Morgan fingerprint density at radius 2 is 2.06 bits per heavy atom. The summed E-state index contributed by atoms with van der Waals surface area (Å²) >= 11 is 0. The van der Waals surface area contributed by atoms with Crippen LogP contribution < -0.4 is 4.72 Å². The molecule has 0 aromatic rings. The predicted molar refractivity (Wildman–Crippen MR) is 66.4 cm³/mol. The summed E-state index contributed by atoms with van der Waals surface area (Å²) in [6, 6.07) is -0.387. The number of hydrogen-bond donors (Lipinski definition) is 2. The van der Waals surface area contributed by atoms with E-state index in [0.717, 1.165) is 12.8 Å². The molecule has 1 fully saturated rings. The minimum Gasteiger partial charge on any atom is -0.469 e. The molecule has 0 aliphatic heterocycles. The number of aliphatic hydroxyl groups excluding tert-OH is 1. The lowest BCUT2D eigenvalue weighted by molar-refractivity contribution is -0.140. The van der Waals surface area contributed by atoms with Gasteiger partial charge in [0.1, 0.15) is 0 Å². The van der Waals surface area contributed by atoms with Crippen LogP contribution in [0.15, 0.2) is 0 Å². The number of methoxy groups -OCH3 is 1. The molecule has 1 aliphatic carbocycles. The third kappa shape index (κ3) is 5.32. The molecule has 2 N–H and O–H groups in total. The predicted octanol–water partition coefficient (Wildman–Crippen LogP) is 0.162. The molecular formula is C11H21NO5S. The first kappa shape index (κ1) is 15.4. The lowest BCUT2D eigenvalue weighted by Crippen LogP contribution is -2.45. The Labute approximate surface area is 108 Å². The van der Waals surface area contributed by atoms with Gasteiger partial charge in [-0.15, -0.1) is 0 Å². The average molecular weight is 279 g/mol. The Kier molecular flexibility index (Phi) is 6.04. The topological polar surface area (TPSA) is 92.7 Å². The summed E-state index contributed by atoms with van der Waals surface area (Å²) in [4.78, 5) is 10.9. The van der Waals surface area contributed by atoms with Gasteiger partial charge in [-0.3, -0.25) is 4.79 Å². The smallest absolute Gasteiger partial charge is 0.305 e. The van der Waals surface area contributed by atoms with Gasteiger partial charge < -0.3 is 9.84 Å². The van der Waals surface area contributed by atoms with E-state index in [0.29, 0.717) is 12.8 Å². The molecule has 0 heterocycles. The van der Waals surface area contributed by atoms with E-state index in [-0.39, 0.29) is 24.6 Å². The third-order valence-electron chi connectivity index (χ3n) is 3.08. The maximum atomic E-state index is 11.7. The van der Waals surface area contributed by atoms with Gasteiger partial charge in [-0.25, -0.2) is 13.1 Å². The quantitative estimate of drug-likeness (QED) is 0.676. The van der Waals surface area contributed by atoms with Gasteiger partial charge in [0.05, 0.1) is 19.0 Å². The summed E-state index contributed by atoms with van der Waals surface area (Å²) in [5.74, 6) is -0.534. The van der Waals surface area contributed by atoms with Crippen LogP contribution in [0.2, 0.25) is 0 Å². The first-order valence-corrected chi connectivity index (χ1v) is 7.85. The number of nitrogens with one attached hydrogen (secondary N) is 1. The molecule has 0 spiro atoms. The van der Waals surface area contributed by atoms with Crippen LogP contribution in [0.4, 0.5) is 0 Å². The van der Waals surface area contributed by atoms with Crippen molar-refractivity contribution in [3.05, 3.63) is 0 Å². The normalized spacial score (nSPS) is 24.8. The molecule has 2 atom stereocenters. The van der Waals surface area contributed by atoms with Crippen LogP contribution >= 0.6 is 0 Å². The van der Waals surface area contributed by atoms with Gasteiger partial charge in [-0.2, -0.15) is 0 Å². The second-order valence-electron chi connectivity index (χ2n) is 4.57. The van der Waals surface area contributed by atoms with Gasteiger partial charge >= 0.3 is 5.97 Å². The summed E-state index contributed by atoms with van der Waals surface area (Å²) in [7, 11) is -2.16. The molecule has 0 radical (unpaired) electrons. The lowest BCUT2D eigenvalue weighted by atomic mass is 9.93. The van der Waals surface area contributed by atoms with Crippen LogP contribution in [-0.4, -0.2) is 44.5 Å². The van der Waals surface area contributed by atoms with Crippen molar-refractivity contribution < 1.29 is 23.1 Å². The fourth-order valence-corrected chi connectivity index (χ4v) is 3.43. The fourth-order valence-electron chi connectivity index (χ4n) is 2.05. The molecule has 0 aromatic carbocycles. The first-order valence-electron chi connectivity index (χ1n) is 6.19. The van der Waals surface area contributed by atoms with E-state index < -0.39 is 22.1 Å². The maximum absolute atomic E-state index is 11.7. The lowest BCUT2D eigenvalue weighted by Gasteiger charge is -2.28. The van der Waals surface area contributed by atoms with Crippen LogP contribution in [0, 0.1) is 0 Å². The number of hydrogen-bond acceptors (Lipinski definition) is 5. The average Bonchev–Trinajstić information content (AvgIpc) is 2.31. The van der Waals surface area contributed by atoms with Crippen molar-refractivity contribution in [3.63, 3.8) is 0 Å². The molecule has 18 heavy (non-hydrogen) atoms. The van der Waals surface area contributed by atoms with Gasteiger partial charge in [-0.05, 0) is 19.3 Å². The zero-order valence-corrected chi connectivity index (χ0v) is 11.4. The maximum Gasteiger partial charge on any atom is 0.305 e. The zero-order chi connectivity index (χ0) is 13.6. The van der Waals surface area contributed by atoms with Crippen molar-refractivity contribution in [2.24, 2.45) is 0 Å². The number of rotatable bonds is 6. The van der Waals surface area contributed by atoms with Crippen molar-refractivity contribution in [1.82, 2.24) is 4.72 Å². The largest absolute Gasteiger partial charge is 0.469 e. The standard InChI is InChI=1S/C11H21NO5S/c1-17-11(14)7-4-8-18(15,16)12-9-5-2-3-6-10(9)13/h9-10,12-13H,2-8H2,1H3/t9-,10-/m1/s1. The molecular weight excluding hydrogens is 258 g/mol. The minimum atomic E-state index is -3.44. The number of ether oxygens (including phenoxy) is 1. The van der Waals surface area contributed by atoms with E-state index in [1.54, 1.807) is 0 Å². The van der Waals surface area contributed by atoms with E-state index in [4.69, 9.17) is 0 Å². The van der Waals surface area contributed by atoms with Crippen LogP contribution in [-0.2, 0) is 19.6 Å². The highest BCUT2D eigenvalue weighted by atomic mass is 32.2. The summed E-state index contributed by atoms with van der Waals surface area (Å²) in [6.45, 7) is 0. The van der Waals surface area contributed by atoms with E-state index in [9.17, 15) is 18.3 Å². The Balaban J connectivity index is 2.36. The Morgan fingerprint density at radius 3 is 2.67 bits per heavy atom. The highest BCUT2D eigenvalue weighted by Crippen LogP contribution is 2.19. The molecule has 0 aromatic heterocycles. The van der Waals surface area contributed by atoms with Gasteiger partial charge in [-0.1, -0.05) is 12.8 Å². The summed E-state index contributed by atoms with van der Waals surface area (Å²) in [5, 5.41) is 9.68. The Hall–Kier alpha value is -0.660. The molecule has 1 rings (SSSR count). The number of aliphatic hydroxyl groups is 1. The summed E-state index contributed by atoms with van der Waals surface area (Å²) in [6.07, 6.45) is 2.87. The van der Waals surface area contributed by atoms with E-state index in [1.807, 2.05) is 0 Å². The Bertz CT molecular complexity index is 368. The van der Waals surface area contributed by atoms with E-state index in [1.165, 1.54) is 7.11 Å². The summed E-state index contributed by atoms with van der Waals surface area (Å²) in [5.41, 5.74) is 0. The molecule has 0 saturated heterocycles. The monoisotopic (exact) mass is 279 g/mol. The number of carbonyl (C=O) groups is 1. The molecule has 0 amide bonds. The van der Waals surface area contributed by atoms with E-state index >= 15 is 0 Å². The van der Waals surface area contributed by atoms with Crippen molar-refractivity contribution in [2.45, 2.75) is 50.7 Å². The molecule has 1 aliphatic rings. The minimum absolute atomic E-state index is 0.0879.